The van der Waals surface area contributed by atoms with Gasteiger partial charge in [0.1, 0.15) is 0 Å². The predicted octanol–water partition coefficient (Wildman–Crippen LogP) is 2.32. The quantitative estimate of drug-likeness (QED) is 0.730. The van der Waals surface area contributed by atoms with Gasteiger partial charge in [-0.15, -0.1) is 0 Å². The van der Waals surface area contributed by atoms with Crippen molar-refractivity contribution in [3.63, 3.8) is 0 Å². The van der Waals surface area contributed by atoms with Gasteiger partial charge in [-0.1, -0.05) is 0 Å². The molecule has 10 heteroatoms. The van der Waals surface area contributed by atoms with Crippen LogP contribution in [0.1, 0.15) is 42.5 Å². The Balaban J connectivity index is 1.31. The average molecular weight is 470 g/mol. The summed E-state index contributed by atoms with van der Waals surface area (Å²) in [6.45, 7) is 2.37. The van der Waals surface area contributed by atoms with Gasteiger partial charge in [-0.3, -0.25) is 9.78 Å². The highest BCUT2D eigenvalue weighted by Crippen LogP contribution is 2.49. The first-order valence-electron chi connectivity index (χ1n) is 11.6. The van der Waals surface area contributed by atoms with Crippen molar-refractivity contribution in [3.05, 3.63) is 29.1 Å². The first-order valence-corrected chi connectivity index (χ1v) is 11.6. The molecule has 0 bridgehead atoms. The zero-order valence-electron chi connectivity index (χ0n) is 18.7. The molecule has 0 radical (unpaired) electrons. The van der Waals surface area contributed by atoms with Crippen molar-refractivity contribution in [2.24, 2.45) is 5.41 Å². The number of aromatic nitrogens is 1. The van der Waals surface area contributed by atoms with Gasteiger partial charge in [-0.2, -0.15) is 13.2 Å². The fourth-order valence-corrected chi connectivity index (χ4v) is 5.98. The van der Waals surface area contributed by atoms with Crippen LogP contribution in [0.4, 0.5) is 13.2 Å². The molecule has 0 spiro atoms. The van der Waals surface area contributed by atoms with Gasteiger partial charge < -0.3 is 24.4 Å². The number of methoxy groups -OCH3 is 1. The second-order valence-electron chi connectivity index (χ2n) is 9.62. The van der Waals surface area contributed by atoms with Crippen molar-refractivity contribution in [2.75, 3.05) is 33.5 Å². The van der Waals surface area contributed by atoms with Crippen LogP contribution in [0, 0.1) is 5.41 Å². The molecule has 1 N–H and O–H groups in total. The van der Waals surface area contributed by atoms with E-state index in [9.17, 15) is 18.0 Å². The number of amides is 1. The van der Waals surface area contributed by atoms with Gasteiger partial charge in [0.05, 0.1) is 29.8 Å². The number of alkyl halides is 3. The Bertz CT molecular complexity index is 898. The summed E-state index contributed by atoms with van der Waals surface area (Å²) in [6, 6.07) is 1.42. The third kappa shape index (κ3) is 4.26. The fraction of sp³-hybridized carbons (Fsp3) is 0.739. The van der Waals surface area contributed by atoms with Crippen LogP contribution in [0.25, 0.3) is 0 Å². The Kier molecular flexibility index (Phi) is 6.13. The maximum absolute atomic E-state index is 13.8. The number of halogens is 3. The monoisotopic (exact) mass is 469 g/mol. The number of nitrogens with one attached hydrogen (secondary N) is 1. The van der Waals surface area contributed by atoms with Gasteiger partial charge in [0, 0.05) is 63.8 Å². The van der Waals surface area contributed by atoms with Crippen molar-refractivity contribution in [3.8, 4) is 0 Å². The van der Waals surface area contributed by atoms with Crippen molar-refractivity contribution >= 4 is 5.91 Å². The number of rotatable bonds is 4. The molecule has 1 amide bonds. The summed E-state index contributed by atoms with van der Waals surface area (Å²) in [5, 5.41) is 3.68. The molecule has 2 saturated heterocycles. The predicted molar refractivity (Wildman–Crippen MR) is 111 cm³/mol. The van der Waals surface area contributed by atoms with Crippen LogP contribution in [-0.2, 0) is 38.1 Å². The highest BCUT2D eigenvalue weighted by molar-refractivity contribution is 5.84. The summed E-state index contributed by atoms with van der Waals surface area (Å²) in [5.41, 5.74) is -0.281. The molecule has 5 rings (SSSR count). The highest BCUT2D eigenvalue weighted by Gasteiger charge is 2.58. The lowest BCUT2D eigenvalue weighted by Gasteiger charge is -2.37. The first kappa shape index (κ1) is 23.0. The molecule has 1 saturated carbocycles. The van der Waals surface area contributed by atoms with E-state index in [-0.39, 0.29) is 36.7 Å². The van der Waals surface area contributed by atoms with E-state index in [1.54, 1.807) is 12.0 Å². The van der Waals surface area contributed by atoms with Gasteiger partial charge >= 0.3 is 6.18 Å². The molecular formula is C23H30F3N3O4. The van der Waals surface area contributed by atoms with Crippen LogP contribution in [0.15, 0.2) is 12.3 Å². The first-order chi connectivity index (χ1) is 15.8. The molecule has 5 atom stereocenters. The van der Waals surface area contributed by atoms with Crippen LogP contribution in [-0.4, -0.2) is 73.6 Å². The minimum Gasteiger partial charge on any atom is -0.379 e. The van der Waals surface area contributed by atoms with Crippen molar-refractivity contribution < 1.29 is 32.2 Å². The number of hydrogen-bond acceptors (Lipinski definition) is 6. The Morgan fingerprint density at radius 3 is 3.00 bits per heavy atom. The van der Waals surface area contributed by atoms with Gasteiger partial charge in [-0.05, 0) is 37.3 Å². The van der Waals surface area contributed by atoms with Gasteiger partial charge in [0.2, 0.25) is 5.91 Å². The van der Waals surface area contributed by atoms with Gasteiger partial charge in [-0.25, -0.2) is 0 Å². The van der Waals surface area contributed by atoms with E-state index < -0.39 is 17.2 Å². The topological polar surface area (TPSA) is 72.9 Å². The van der Waals surface area contributed by atoms with E-state index in [4.69, 9.17) is 14.2 Å². The molecule has 4 heterocycles. The molecule has 3 aliphatic heterocycles. The molecule has 33 heavy (non-hydrogen) atoms. The highest BCUT2D eigenvalue weighted by atomic mass is 19.4. The van der Waals surface area contributed by atoms with Crippen LogP contribution in [0.3, 0.4) is 0 Å². The molecule has 7 nitrogen and oxygen atoms in total. The Hall–Kier alpha value is -1.75. The number of ether oxygens (including phenoxy) is 3. The molecule has 1 aromatic rings. The van der Waals surface area contributed by atoms with E-state index in [1.165, 1.54) is 0 Å². The second-order valence-corrected chi connectivity index (χ2v) is 9.62. The molecule has 3 fully saturated rings. The average Bonchev–Trinajstić information content (AvgIpc) is 3.35. The normalized spacial score (nSPS) is 34.2. The molecule has 0 unspecified atom stereocenters. The smallest absolute Gasteiger partial charge is 0.379 e. The number of fused-ring (bicyclic) bond motifs is 2. The Labute approximate surface area is 191 Å². The molecule has 1 aromatic heterocycles. The summed E-state index contributed by atoms with van der Waals surface area (Å²) in [7, 11) is 1.68. The van der Waals surface area contributed by atoms with Crippen LogP contribution >= 0.6 is 0 Å². The Morgan fingerprint density at radius 1 is 1.36 bits per heavy atom. The zero-order chi connectivity index (χ0) is 23.2. The maximum Gasteiger partial charge on any atom is 0.417 e. The summed E-state index contributed by atoms with van der Waals surface area (Å²) in [4.78, 5) is 19.5. The molecule has 0 aromatic carbocycles. The van der Waals surface area contributed by atoms with Crippen LogP contribution < -0.4 is 5.32 Å². The molecular weight excluding hydrogens is 439 g/mol. The number of nitrogens with zero attached hydrogens (tertiary/aromatic N) is 2. The van der Waals surface area contributed by atoms with E-state index in [0.29, 0.717) is 56.9 Å². The van der Waals surface area contributed by atoms with Crippen LogP contribution in [0.5, 0.6) is 0 Å². The second kappa shape index (κ2) is 8.79. The van der Waals surface area contributed by atoms with E-state index in [2.05, 4.69) is 10.3 Å². The lowest BCUT2D eigenvalue weighted by Crippen LogP contribution is -2.51. The standard InChI is InChI=1S/C23H30F3N3O4/c1-31-19-13-32-6-3-18(19)28-16-9-20-22(10-16,4-7-33-20)21(30)29-5-2-17-14(12-29)8-15(11-27-17)23(24,25)26/h8,11,16,18-20,28H,2-7,9-10,12-13H2,1H3/t16-,18+,19+,20-,22-/m1/s1. The minimum absolute atomic E-state index is 0.00682. The SMILES string of the molecule is CO[C@H]1COCC[C@@H]1N[C@@H]1C[C@H]2OCC[C@@]2(C(=O)N2CCc3ncc(C(F)(F)F)cc3C2)C1. The zero-order valence-corrected chi connectivity index (χ0v) is 18.7. The summed E-state index contributed by atoms with van der Waals surface area (Å²) in [6.07, 6.45) is -0.430. The van der Waals surface area contributed by atoms with Crippen molar-refractivity contribution in [2.45, 2.75) is 69.1 Å². The van der Waals surface area contributed by atoms with E-state index in [1.807, 2.05) is 0 Å². The Morgan fingerprint density at radius 2 is 2.21 bits per heavy atom. The summed E-state index contributed by atoms with van der Waals surface area (Å²) < 4.78 is 56.6. The number of pyridine rings is 1. The lowest BCUT2D eigenvalue weighted by atomic mass is 9.80. The summed E-state index contributed by atoms with van der Waals surface area (Å²) in [5.74, 6) is -0.00682. The van der Waals surface area contributed by atoms with Crippen molar-refractivity contribution in [1.29, 1.82) is 0 Å². The molecule has 4 aliphatic rings. The number of carbonyl (C=O) groups is 1. The van der Waals surface area contributed by atoms with Crippen LogP contribution in [0.2, 0.25) is 0 Å². The minimum atomic E-state index is -4.45. The third-order valence-electron chi connectivity index (χ3n) is 7.73. The van der Waals surface area contributed by atoms with Gasteiger partial charge in [0.25, 0.3) is 0 Å². The molecule has 182 valence electrons. The number of hydrogen-bond donors (Lipinski definition) is 1. The van der Waals surface area contributed by atoms with Gasteiger partial charge in [0.15, 0.2) is 0 Å². The number of carbonyl (C=O) groups excluding carboxylic acids is 1. The fourth-order valence-electron chi connectivity index (χ4n) is 5.98. The van der Waals surface area contributed by atoms with E-state index in [0.717, 1.165) is 25.1 Å². The molecule has 1 aliphatic carbocycles. The maximum atomic E-state index is 13.8. The largest absolute Gasteiger partial charge is 0.417 e. The van der Waals surface area contributed by atoms with Crippen molar-refractivity contribution in [1.82, 2.24) is 15.2 Å². The summed E-state index contributed by atoms with van der Waals surface area (Å²) >= 11 is 0. The third-order valence-corrected chi connectivity index (χ3v) is 7.73. The lowest BCUT2D eigenvalue weighted by molar-refractivity contribution is -0.145. The van der Waals surface area contributed by atoms with E-state index >= 15 is 0 Å².